The molecule has 2 aromatic heterocycles. The first-order chi connectivity index (χ1) is 8.74. The van der Waals surface area contributed by atoms with E-state index in [2.05, 4.69) is 48.8 Å². The molecule has 0 saturated carbocycles. The lowest BCUT2D eigenvalue weighted by atomic mass is 9.99. The van der Waals surface area contributed by atoms with Crippen LogP contribution < -0.4 is 5.32 Å². The van der Waals surface area contributed by atoms with Crippen molar-refractivity contribution in [2.24, 2.45) is 5.92 Å². The van der Waals surface area contributed by atoms with Gasteiger partial charge in [-0.05, 0) is 60.8 Å². The average molecular weight is 309 g/mol. The molecule has 1 atom stereocenters. The summed E-state index contributed by atoms with van der Waals surface area (Å²) >= 11 is 3.49. The van der Waals surface area contributed by atoms with Crippen LogP contribution >= 0.6 is 15.9 Å². The molecule has 0 radical (unpaired) electrons. The Kier molecular flexibility index (Phi) is 3.35. The minimum absolute atomic E-state index is 0.703. The van der Waals surface area contributed by atoms with E-state index in [4.69, 9.17) is 0 Å². The predicted molar refractivity (Wildman–Crippen MR) is 75.6 cm³/mol. The number of rotatable bonds is 2. The topological polar surface area (TPSA) is 42.7 Å². The minimum atomic E-state index is 0.703. The number of aromatic nitrogens is 3. The van der Waals surface area contributed by atoms with Crippen LogP contribution in [0.25, 0.3) is 11.2 Å². The highest BCUT2D eigenvalue weighted by atomic mass is 79.9. The van der Waals surface area contributed by atoms with Crippen molar-refractivity contribution in [3.05, 3.63) is 22.6 Å². The molecular weight excluding hydrogens is 292 g/mol. The Bertz CT molecular complexity index is 557. The molecule has 0 bridgehead atoms. The molecule has 3 rings (SSSR count). The quantitative estimate of drug-likeness (QED) is 0.927. The summed E-state index contributed by atoms with van der Waals surface area (Å²) in [5, 5.41) is 3.47. The van der Waals surface area contributed by atoms with E-state index in [1.807, 2.05) is 0 Å². The lowest BCUT2D eigenvalue weighted by Crippen LogP contribution is -2.32. The zero-order chi connectivity index (χ0) is 12.5. The Morgan fingerprint density at radius 3 is 3.22 bits per heavy atom. The number of fused-ring (bicyclic) bond motifs is 1. The Morgan fingerprint density at radius 2 is 2.44 bits per heavy atom. The van der Waals surface area contributed by atoms with Crippen molar-refractivity contribution in [1.82, 2.24) is 19.9 Å². The van der Waals surface area contributed by atoms with Crippen molar-refractivity contribution < 1.29 is 0 Å². The average Bonchev–Trinajstić information content (AvgIpc) is 2.67. The fourth-order valence-electron chi connectivity index (χ4n) is 2.66. The largest absolute Gasteiger partial charge is 0.326 e. The van der Waals surface area contributed by atoms with Crippen molar-refractivity contribution in [1.29, 1.82) is 0 Å². The number of aryl methyl sites for hydroxylation is 1. The van der Waals surface area contributed by atoms with Gasteiger partial charge in [0.2, 0.25) is 0 Å². The van der Waals surface area contributed by atoms with Crippen LogP contribution in [0.5, 0.6) is 0 Å². The van der Waals surface area contributed by atoms with Crippen LogP contribution in [0.2, 0.25) is 0 Å². The third-order valence-electron chi connectivity index (χ3n) is 3.60. The maximum atomic E-state index is 4.53. The summed E-state index contributed by atoms with van der Waals surface area (Å²) in [6.07, 6.45) is 4.38. The molecule has 2 aromatic rings. The molecule has 1 N–H and O–H groups in total. The van der Waals surface area contributed by atoms with E-state index in [0.29, 0.717) is 5.92 Å². The van der Waals surface area contributed by atoms with Gasteiger partial charge in [0.15, 0.2) is 5.65 Å². The van der Waals surface area contributed by atoms with Crippen LogP contribution in [-0.4, -0.2) is 27.6 Å². The zero-order valence-electron chi connectivity index (χ0n) is 10.5. The number of hydrogen-bond donors (Lipinski definition) is 1. The molecule has 0 spiro atoms. The van der Waals surface area contributed by atoms with Gasteiger partial charge < -0.3 is 9.88 Å². The predicted octanol–water partition coefficient (Wildman–Crippen LogP) is 2.50. The van der Waals surface area contributed by atoms with Crippen molar-refractivity contribution in [3.63, 3.8) is 0 Å². The van der Waals surface area contributed by atoms with Gasteiger partial charge in [-0.1, -0.05) is 0 Å². The summed E-state index contributed by atoms with van der Waals surface area (Å²) in [6, 6.07) is 2.11. The maximum Gasteiger partial charge on any atom is 0.177 e. The van der Waals surface area contributed by atoms with Crippen molar-refractivity contribution in [2.45, 2.75) is 26.3 Å². The van der Waals surface area contributed by atoms with Gasteiger partial charge in [-0.3, -0.25) is 0 Å². The number of nitrogens with one attached hydrogen (secondary N) is 1. The number of imidazole rings is 1. The van der Waals surface area contributed by atoms with Gasteiger partial charge in [0, 0.05) is 17.2 Å². The van der Waals surface area contributed by atoms with Crippen molar-refractivity contribution >= 4 is 27.1 Å². The van der Waals surface area contributed by atoms with Crippen LogP contribution in [-0.2, 0) is 6.54 Å². The summed E-state index contributed by atoms with van der Waals surface area (Å²) in [4.78, 5) is 8.89. The minimum Gasteiger partial charge on any atom is -0.326 e. The van der Waals surface area contributed by atoms with Crippen LogP contribution in [0.1, 0.15) is 18.7 Å². The first kappa shape index (κ1) is 12.1. The Morgan fingerprint density at radius 1 is 1.56 bits per heavy atom. The van der Waals surface area contributed by atoms with Gasteiger partial charge in [-0.25, -0.2) is 9.97 Å². The highest BCUT2D eigenvalue weighted by Crippen LogP contribution is 2.21. The molecule has 0 unspecified atom stereocenters. The highest BCUT2D eigenvalue weighted by molar-refractivity contribution is 9.10. The molecule has 0 amide bonds. The van der Waals surface area contributed by atoms with E-state index in [1.54, 1.807) is 6.20 Å². The second kappa shape index (κ2) is 4.97. The highest BCUT2D eigenvalue weighted by Gasteiger charge is 2.17. The Hall–Kier alpha value is -0.940. The molecule has 0 aromatic carbocycles. The van der Waals surface area contributed by atoms with E-state index in [1.165, 1.54) is 12.8 Å². The molecule has 4 nitrogen and oxygen atoms in total. The number of piperidine rings is 1. The maximum absolute atomic E-state index is 4.53. The monoisotopic (exact) mass is 308 g/mol. The molecule has 0 aliphatic carbocycles. The van der Waals surface area contributed by atoms with E-state index >= 15 is 0 Å². The van der Waals surface area contributed by atoms with Gasteiger partial charge in [0.05, 0.1) is 5.52 Å². The van der Waals surface area contributed by atoms with Gasteiger partial charge in [-0.2, -0.15) is 0 Å². The van der Waals surface area contributed by atoms with Crippen LogP contribution in [0.15, 0.2) is 16.7 Å². The van der Waals surface area contributed by atoms with Crippen LogP contribution in [0.3, 0.4) is 0 Å². The van der Waals surface area contributed by atoms with E-state index in [0.717, 1.165) is 41.1 Å². The fourth-order valence-corrected chi connectivity index (χ4v) is 2.98. The molecule has 96 valence electrons. The summed E-state index contributed by atoms with van der Waals surface area (Å²) in [5.74, 6) is 1.76. The standard InChI is InChI=1S/C13H17BrN4/c1-9-17-13-12(5-11(14)7-16-13)18(9)8-10-3-2-4-15-6-10/h5,7,10,15H,2-4,6,8H2,1H3/t10-/m0/s1. The lowest BCUT2D eigenvalue weighted by molar-refractivity contribution is 0.338. The molecule has 5 heteroatoms. The summed E-state index contributed by atoms with van der Waals surface area (Å²) in [6.45, 7) is 5.37. The summed E-state index contributed by atoms with van der Waals surface area (Å²) < 4.78 is 3.31. The van der Waals surface area contributed by atoms with E-state index < -0.39 is 0 Å². The van der Waals surface area contributed by atoms with E-state index in [-0.39, 0.29) is 0 Å². The lowest BCUT2D eigenvalue weighted by Gasteiger charge is -2.23. The molecule has 1 aliphatic rings. The fraction of sp³-hybridized carbons (Fsp3) is 0.538. The summed E-state index contributed by atoms with van der Waals surface area (Å²) in [5.41, 5.74) is 1.98. The number of nitrogens with zero attached hydrogens (tertiary/aromatic N) is 3. The third kappa shape index (κ3) is 2.29. The second-order valence-electron chi connectivity index (χ2n) is 4.98. The third-order valence-corrected chi connectivity index (χ3v) is 4.04. The molecule has 1 fully saturated rings. The molecular formula is C13H17BrN4. The van der Waals surface area contributed by atoms with Crippen LogP contribution in [0.4, 0.5) is 0 Å². The van der Waals surface area contributed by atoms with Gasteiger partial charge in [-0.15, -0.1) is 0 Å². The smallest absolute Gasteiger partial charge is 0.177 e. The molecule has 1 aliphatic heterocycles. The number of halogens is 1. The van der Waals surface area contributed by atoms with Gasteiger partial charge in [0.25, 0.3) is 0 Å². The van der Waals surface area contributed by atoms with Crippen molar-refractivity contribution in [2.75, 3.05) is 13.1 Å². The molecule has 3 heterocycles. The zero-order valence-corrected chi connectivity index (χ0v) is 12.1. The SMILES string of the molecule is Cc1nc2ncc(Br)cc2n1C[C@H]1CCCNC1. The Labute approximate surface area is 115 Å². The number of hydrogen-bond acceptors (Lipinski definition) is 3. The first-order valence-corrected chi connectivity index (χ1v) is 7.22. The summed E-state index contributed by atoms with van der Waals surface area (Å²) in [7, 11) is 0. The van der Waals surface area contributed by atoms with Crippen LogP contribution in [0, 0.1) is 12.8 Å². The first-order valence-electron chi connectivity index (χ1n) is 6.43. The van der Waals surface area contributed by atoms with Gasteiger partial charge >= 0.3 is 0 Å². The number of pyridine rings is 1. The molecule has 18 heavy (non-hydrogen) atoms. The van der Waals surface area contributed by atoms with Crippen molar-refractivity contribution in [3.8, 4) is 0 Å². The normalized spacial score (nSPS) is 20.4. The Balaban J connectivity index is 1.94. The van der Waals surface area contributed by atoms with Gasteiger partial charge in [0.1, 0.15) is 5.82 Å². The second-order valence-corrected chi connectivity index (χ2v) is 5.89. The van der Waals surface area contributed by atoms with E-state index in [9.17, 15) is 0 Å². The molecule has 1 saturated heterocycles.